The van der Waals surface area contributed by atoms with Crippen molar-refractivity contribution in [2.24, 2.45) is 0 Å². The Kier molecular flexibility index (Phi) is 6.28. The third-order valence-electron chi connectivity index (χ3n) is 11.4. The predicted molar refractivity (Wildman–Crippen MR) is 233 cm³/mol. The number of thiophene rings is 1. The minimum Gasteiger partial charge on any atom is -0.455 e. The Labute approximate surface area is 314 Å². The third kappa shape index (κ3) is 4.32. The van der Waals surface area contributed by atoms with Crippen LogP contribution in [-0.4, -0.2) is 0 Å². The van der Waals surface area contributed by atoms with E-state index in [1.807, 2.05) is 11.3 Å². The van der Waals surface area contributed by atoms with Gasteiger partial charge in [-0.05, 0) is 101 Å². The molecule has 0 atom stereocenters. The van der Waals surface area contributed by atoms with E-state index in [-0.39, 0.29) is 0 Å². The molecule has 2 aromatic heterocycles. The Balaban J connectivity index is 1.02. The van der Waals surface area contributed by atoms with E-state index in [0.717, 1.165) is 27.3 Å². The lowest BCUT2D eigenvalue weighted by Crippen LogP contribution is -1.91. The van der Waals surface area contributed by atoms with Crippen molar-refractivity contribution in [2.45, 2.75) is 0 Å². The van der Waals surface area contributed by atoms with E-state index >= 15 is 0 Å². The molecule has 250 valence electrons. The second kappa shape index (κ2) is 11.4. The number of fused-ring (bicyclic) bond motifs is 11. The summed E-state index contributed by atoms with van der Waals surface area (Å²) in [5.74, 6) is 0. The highest BCUT2D eigenvalue weighted by Crippen LogP contribution is 2.47. The van der Waals surface area contributed by atoms with Gasteiger partial charge in [-0.3, -0.25) is 0 Å². The van der Waals surface area contributed by atoms with E-state index in [1.54, 1.807) is 0 Å². The normalized spacial score (nSPS) is 12.1. The van der Waals surface area contributed by atoms with Gasteiger partial charge in [-0.2, -0.15) is 0 Å². The summed E-state index contributed by atoms with van der Waals surface area (Å²) in [5, 5.41) is 14.9. The standard InChI is InChI=1S/C52H30OS/c1-3-13-36-31(10-1)12-9-19-40(36)51-43-17-7-5-15-41(43)50(42-16-6-8-18-44(42)51)35-22-25-39-38-24-21-34(29-48(38)54-49(39)30-35)33-23-27-47-46(28-33)45-26-20-32-11-2-4-14-37(32)52(45)53-47/h1-30H. The van der Waals surface area contributed by atoms with Gasteiger partial charge in [0.2, 0.25) is 0 Å². The smallest absolute Gasteiger partial charge is 0.143 e. The van der Waals surface area contributed by atoms with Crippen LogP contribution in [0.3, 0.4) is 0 Å². The van der Waals surface area contributed by atoms with Crippen LogP contribution in [0, 0.1) is 0 Å². The Morgan fingerprint density at radius 1 is 0.315 bits per heavy atom. The minimum absolute atomic E-state index is 0.922. The summed E-state index contributed by atoms with van der Waals surface area (Å²) >= 11 is 1.88. The number of rotatable bonds is 3. The molecular weight excluding hydrogens is 673 g/mol. The van der Waals surface area contributed by atoms with E-state index in [4.69, 9.17) is 4.42 Å². The first-order valence-electron chi connectivity index (χ1n) is 18.5. The van der Waals surface area contributed by atoms with E-state index < -0.39 is 0 Å². The average Bonchev–Trinajstić information content (AvgIpc) is 3.80. The molecule has 10 aromatic carbocycles. The first kappa shape index (κ1) is 29.8. The van der Waals surface area contributed by atoms with Crippen LogP contribution in [0.1, 0.15) is 0 Å². The fourth-order valence-corrected chi connectivity index (χ4v) is 10.2. The highest BCUT2D eigenvalue weighted by Gasteiger charge is 2.19. The van der Waals surface area contributed by atoms with E-state index in [9.17, 15) is 0 Å². The average molecular weight is 703 g/mol. The van der Waals surface area contributed by atoms with Crippen molar-refractivity contribution in [3.05, 3.63) is 182 Å². The largest absolute Gasteiger partial charge is 0.455 e. The Hall–Kier alpha value is -6.74. The van der Waals surface area contributed by atoms with Crippen molar-refractivity contribution in [2.75, 3.05) is 0 Å². The molecule has 0 saturated heterocycles. The zero-order valence-corrected chi connectivity index (χ0v) is 30.0. The highest BCUT2D eigenvalue weighted by molar-refractivity contribution is 7.25. The monoisotopic (exact) mass is 702 g/mol. The van der Waals surface area contributed by atoms with Gasteiger partial charge in [-0.25, -0.2) is 0 Å². The maximum Gasteiger partial charge on any atom is 0.143 e. The van der Waals surface area contributed by atoms with Gasteiger partial charge >= 0.3 is 0 Å². The molecule has 12 rings (SSSR count). The molecule has 0 radical (unpaired) electrons. The summed E-state index contributed by atoms with van der Waals surface area (Å²) in [6.07, 6.45) is 0. The minimum atomic E-state index is 0.922. The zero-order chi connectivity index (χ0) is 35.3. The molecule has 0 aliphatic rings. The molecule has 0 amide bonds. The first-order valence-corrected chi connectivity index (χ1v) is 19.3. The molecule has 0 bridgehead atoms. The van der Waals surface area contributed by atoms with Crippen LogP contribution in [0.5, 0.6) is 0 Å². The van der Waals surface area contributed by atoms with Crippen LogP contribution >= 0.6 is 11.3 Å². The van der Waals surface area contributed by atoms with Crippen LogP contribution in [0.25, 0.3) is 119 Å². The topological polar surface area (TPSA) is 13.1 Å². The highest BCUT2D eigenvalue weighted by atomic mass is 32.1. The molecule has 0 saturated carbocycles. The lowest BCUT2D eigenvalue weighted by molar-refractivity contribution is 0.672. The second-order valence-corrected chi connectivity index (χ2v) is 15.5. The van der Waals surface area contributed by atoms with Crippen LogP contribution in [-0.2, 0) is 0 Å². The van der Waals surface area contributed by atoms with E-state index in [1.165, 1.54) is 91.3 Å². The van der Waals surface area contributed by atoms with E-state index in [2.05, 4.69) is 182 Å². The van der Waals surface area contributed by atoms with Crippen molar-refractivity contribution in [3.8, 4) is 33.4 Å². The second-order valence-electron chi connectivity index (χ2n) is 14.4. The van der Waals surface area contributed by atoms with Crippen molar-refractivity contribution in [1.82, 2.24) is 0 Å². The van der Waals surface area contributed by atoms with Crippen LogP contribution < -0.4 is 0 Å². The summed E-state index contributed by atoms with van der Waals surface area (Å²) in [7, 11) is 0. The molecule has 12 aromatic rings. The number of furan rings is 1. The summed E-state index contributed by atoms with van der Waals surface area (Å²) in [5.41, 5.74) is 9.40. The summed E-state index contributed by atoms with van der Waals surface area (Å²) in [6, 6.07) is 66.8. The van der Waals surface area contributed by atoms with Crippen molar-refractivity contribution in [1.29, 1.82) is 0 Å². The van der Waals surface area contributed by atoms with Gasteiger partial charge < -0.3 is 4.42 Å². The van der Waals surface area contributed by atoms with Crippen LogP contribution in [0.15, 0.2) is 186 Å². The fourth-order valence-electron chi connectivity index (χ4n) is 8.97. The van der Waals surface area contributed by atoms with Gasteiger partial charge in [0, 0.05) is 36.3 Å². The molecule has 2 heteroatoms. The molecule has 0 spiro atoms. The van der Waals surface area contributed by atoms with Gasteiger partial charge in [0.05, 0.1) is 0 Å². The van der Waals surface area contributed by atoms with Gasteiger partial charge in [-0.1, -0.05) is 152 Å². The Morgan fingerprint density at radius 2 is 0.833 bits per heavy atom. The zero-order valence-electron chi connectivity index (χ0n) is 29.1. The molecule has 2 heterocycles. The van der Waals surface area contributed by atoms with Gasteiger partial charge in [0.1, 0.15) is 11.2 Å². The lowest BCUT2D eigenvalue weighted by Gasteiger charge is -2.18. The molecule has 54 heavy (non-hydrogen) atoms. The molecule has 0 unspecified atom stereocenters. The lowest BCUT2D eigenvalue weighted by atomic mass is 9.84. The number of hydrogen-bond acceptors (Lipinski definition) is 2. The maximum atomic E-state index is 6.42. The molecule has 1 nitrogen and oxygen atoms in total. The molecule has 0 N–H and O–H groups in total. The summed E-state index contributed by atoms with van der Waals surface area (Å²) in [4.78, 5) is 0. The summed E-state index contributed by atoms with van der Waals surface area (Å²) < 4.78 is 9.01. The number of benzene rings is 10. The third-order valence-corrected chi connectivity index (χ3v) is 12.6. The van der Waals surface area contributed by atoms with Crippen molar-refractivity contribution < 1.29 is 4.42 Å². The van der Waals surface area contributed by atoms with Crippen molar-refractivity contribution >= 4 is 96.5 Å². The van der Waals surface area contributed by atoms with Gasteiger partial charge in [0.15, 0.2) is 0 Å². The molecule has 0 aliphatic carbocycles. The van der Waals surface area contributed by atoms with Gasteiger partial charge in [-0.15, -0.1) is 11.3 Å². The molecule has 0 aliphatic heterocycles. The number of hydrogen-bond donors (Lipinski definition) is 0. The predicted octanol–water partition coefficient (Wildman–Crippen LogP) is 15.6. The Bertz CT molecular complexity index is 3450. The fraction of sp³-hybridized carbons (Fsp3) is 0. The summed E-state index contributed by atoms with van der Waals surface area (Å²) in [6.45, 7) is 0. The van der Waals surface area contributed by atoms with Crippen molar-refractivity contribution in [3.63, 3.8) is 0 Å². The molecular formula is C52H30OS. The molecule has 0 fully saturated rings. The maximum absolute atomic E-state index is 6.42. The van der Waals surface area contributed by atoms with Crippen LogP contribution in [0.4, 0.5) is 0 Å². The Morgan fingerprint density at radius 3 is 1.56 bits per heavy atom. The quantitative estimate of drug-likeness (QED) is 0.167. The van der Waals surface area contributed by atoms with Crippen LogP contribution in [0.2, 0.25) is 0 Å². The van der Waals surface area contributed by atoms with E-state index in [0.29, 0.717) is 0 Å². The SMILES string of the molecule is c1ccc2c(-c3c4ccccc4c(-c4ccc5c(c4)sc4cc(-c6ccc7oc8c9ccccc9ccc8c7c6)ccc45)c4ccccc34)cccc2c1. The first-order chi connectivity index (χ1) is 26.8. The van der Waals surface area contributed by atoms with Gasteiger partial charge in [0.25, 0.3) is 0 Å².